The van der Waals surface area contributed by atoms with Crippen molar-refractivity contribution < 1.29 is 4.79 Å². The van der Waals surface area contributed by atoms with Gasteiger partial charge in [-0.3, -0.25) is 9.69 Å². The van der Waals surface area contributed by atoms with Crippen LogP contribution in [0, 0.1) is 13.8 Å². The number of nitrogens with zero attached hydrogens (tertiary/aromatic N) is 2. The number of hydrogen-bond donors (Lipinski definition) is 0. The lowest BCUT2D eigenvalue weighted by Crippen LogP contribution is -2.31. The molecule has 1 heterocycles. The van der Waals surface area contributed by atoms with Crippen LogP contribution in [0.1, 0.15) is 29.2 Å². The van der Waals surface area contributed by atoms with E-state index in [1.807, 2.05) is 34.9 Å². The van der Waals surface area contributed by atoms with E-state index in [1.165, 1.54) is 16.0 Å². The number of carbonyl (C=O) groups is 1. The first-order valence-electron chi connectivity index (χ1n) is 10.5. The normalized spacial score (nSPS) is 11.1. The number of thiazole rings is 1. The molecule has 4 rings (SSSR count). The minimum absolute atomic E-state index is 0.0623. The van der Waals surface area contributed by atoms with E-state index in [2.05, 4.69) is 69.3 Å². The largest absolute Gasteiger partial charge is 0.283 e. The van der Waals surface area contributed by atoms with Crippen molar-refractivity contribution in [3.05, 3.63) is 89.0 Å². The van der Waals surface area contributed by atoms with E-state index >= 15 is 0 Å². The molecule has 1 aromatic heterocycles. The van der Waals surface area contributed by atoms with Gasteiger partial charge in [-0.25, -0.2) is 4.98 Å². The van der Waals surface area contributed by atoms with Crippen LogP contribution < -0.4 is 4.90 Å². The number of benzene rings is 3. The summed E-state index contributed by atoms with van der Waals surface area (Å²) >= 11 is 3.39. The van der Waals surface area contributed by atoms with Gasteiger partial charge in [0.15, 0.2) is 5.13 Å². The number of anilines is 1. The van der Waals surface area contributed by atoms with Gasteiger partial charge in [-0.05, 0) is 66.1 Å². The number of aromatic nitrogens is 1. The van der Waals surface area contributed by atoms with E-state index in [-0.39, 0.29) is 5.91 Å². The fraction of sp³-hybridized carbons (Fsp3) is 0.231. The maximum atomic E-state index is 13.4. The Morgan fingerprint density at radius 3 is 2.39 bits per heavy atom. The van der Waals surface area contributed by atoms with Crippen molar-refractivity contribution in [1.29, 1.82) is 0 Å². The van der Waals surface area contributed by atoms with Crippen LogP contribution in [-0.4, -0.2) is 16.6 Å². The van der Waals surface area contributed by atoms with Crippen molar-refractivity contribution in [2.45, 2.75) is 38.6 Å². The van der Waals surface area contributed by atoms with Crippen molar-refractivity contribution in [1.82, 2.24) is 4.98 Å². The summed E-state index contributed by atoms with van der Waals surface area (Å²) in [6.07, 6.45) is 0.359. The van der Waals surface area contributed by atoms with Crippen LogP contribution in [0.25, 0.3) is 10.2 Å². The van der Waals surface area contributed by atoms with Gasteiger partial charge in [0.05, 0.1) is 23.2 Å². The Labute approximate surface area is 192 Å². The summed E-state index contributed by atoms with van der Waals surface area (Å²) in [6, 6.07) is 22.7. The van der Waals surface area contributed by atoms with E-state index in [4.69, 9.17) is 4.98 Å². The highest BCUT2D eigenvalue weighted by Gasteiger charge is 2.21. The van der Waals surface area contributed by atoms with Gasteiger partial charge >= 0.3 is 0 Å². The van der Waals surface area contributed by atoms with Gasteiger partial charge in [-0.2, -0.15) is 0 Å². The van der Waals surface area contributed by atoms with Crippen molar-refractivity contribution in [3.8, 4) is 0 Å². The molecule has 0 unspecified atom stereocenters. The molecule has 0 aliphatic rings. The summed E-state index contributed by atoms with van der Waals surface area (Å²) in [7, 11) is 0. The van der Waals surface area contributed by atoms with E-state index in [0.29, 0.717) is 13.0 Å². The van der Waals surface area contributed by atoms with Crippen LogP contribution in [0.15, 0.2) is 71.6 Å². The first kappa shape index (κ1) is 21.6. The molecule has 31 heavy (non-hydrogen) atoms. The molecule has 0 spiro atoms. The first-order valence-corrected chi connectivity index (χ1v) is 12.3. The maximum absolute atomic E-state index is 13.4. The van der Waals surface area contributed by atoms with Gasteiger partial charge in [-0.15, -0.1) is 11.8 Å². The molecule has 0 N–H and O–H groups in total. The molecule has 0 radical (unpaired) electrons. The van der Waals surface area contributed by atoms with Gasteiger partial charge in [-0.1, -0.05) is 60.7 Å². The van der Waals surface area contributed by atoms with Crippen LogP contribution in [0.5, 0.6) is 0 Å². The van der Waals surface area contributed by atoms with Crippen molar-refractivity contribution in [2.24, 2.45) is 0 Å². The number of carbonyl (C=O) groups excluding carboxylic acids is 1. The van der Waals surface area contributed by atoms with Crippen molar-refractivity contribution in [2.75, 3.05) is 10.7 Å². The zero-order valence-corrected chi connectivity index (χ0v) is 19.7. The lowest BCUT2D eigenvalue weighted by Gasteiger charge is -2.20. The lowest BCUT2D eigenvalue weighted by atomic mass is 10.1. The molecular weight excluding hydrogens is 420 g/mol. The van der Waals surface area contributed by atoms with Gasteiger partial charge in [0.1, 0.15) is 0 Å². The van der Waals surface area contributed by atoms with Crippen LogP contribution >= 0.6 is 23.1 Å². The van der Waals surface area contributed by atoms with E-state index < -0.39 is 0 Å². The fourth-order valence-electron chi connectivity index (χ4n) is 3.45. The highest BCUT2D eigenvalue weighted by molar-refractivity contribution is 7.99. The molecule has 0 aliphatic heterocycles. The molecule has 0 saturated carbocycles. The monoisotopic (exact) mass is 446 g/mol. The highest BCUT2D eigenvalue weighted by atomic mass is 32.2. The second-order valence-corrected chi connectivity index (χ2v) is 9.97. The van der Waals surface area contributed by atoms with Gasteiger partial charge in [0.2, 0.25) is 5.91 Å². The maximum Gasteiger partial charge on any atom is 0.233 e. The molecule has 158 valence electrons. The average molecular weight is 447 g/mol. The first-order chi connectivity index (χ1) is 15.0. The summed E-state index contributed by atoms with van der Waals surface area (Å²) in [5.74, 6) is 1.10. The SMILES string of the molecule is CCSc1ccc(CC(=O)N(Cc2ccccc2)c2nc3cc(C)c(C)cc3s2)cc1. The minimum atomic E-state index is 0.0623. The number of amides is 1. The molecule has 0 atom stereocenters. The van der Waals surface area contributed by atoms with Crippen LogP contribution in [-0.2, 0) is 17.8 Å². The standard InChI is InChI=1S/C26H26N2OS2/c1-4-30-22-12-10-20(11-13-22)16-25(29)28(17-21-8-6-5-7-9-21)26-27-23-14-18(2)19(3)15-24(23)31-26/h5-15H,4,16-17H2,1-3H3. The zero-order valence-electron chi connectivity index (χ0n) is 18.1. The predicted octanol–water partition coefficient (Wildman–Crippen LogP) is 6.80. The van der Waals surface area contributed by atoms with Gasteiger partial charge in [0.25, 0.3) is 0 Å². The third kappa shape index (κ3) is 5.17. The Morgan fingerprint density at radius 1 is 0.968 bits per heavy atom. The Hall–Kier alpha value is -2.63. The lowest BCUT2D eigenvalue weighted by molar-refractivity contribution is -0.118. The van der Waals surface area contributed by atoms with Crippen LogP contribution in [0.3, 0.4) is 0 Å². The van der Waals surface area contributed by atoms with E-state index in [0.717, 1.165) is 32.2 Å². The summed E-state index contributed by atoms with van der Waals surface area (Å²) in [4.78, 5) is 21.3. The second kappa shape index (κ2) is 9.67. The zero-order chi connectivity index (χ0) is 21.8. The molecular formula is C26H26N2OS2. The number of fused-ring (bicyclic) bond motifs is 1. The molecule has 5 heteroatoms. The molecule has 3 nitrogen and oxygen atoms in total. The number of aryl methyl sites for hydroxylation is 2. The van der Waals surface area contributed by atoms with E-state index in [9.17, 15) is 4.79 Å². The molecule has 0 fully saturated rings. The summed E-state index contributed by atoms with van der Waals surface area (Å²) in [6.45, 7) is 6.87. The molecule has 1 amide bonds. The van der Waals surface area contributed by atoms with Crippen molar-refractivity contribution >= 4 is 44.4 Å². The quantitative estimate of drug-likeness (QED) is 0.293. The Balaban J connectivity index is 1.64. The molecule has 0 saturated heterocycles. The average Bonchev–Trinajstić information content (AvgIpc) is 3.17. The Bertz CT molecular complexity index is 1140. The summed E-state index contributed by atoms with van der Waals surface area (Å²) < 4.78 is 1.12. The topological polar surface area (TPSA) is 33.2 Å². The summed E-state index contributed by atoms with van der Waals surface area (Å²) in [5, 5.41) is 0.756. The number of thioether (sulfide) groups is 1. The van der Waals surface area contributed by atoms with E-state index in [1.54, 1.807) is 11.3 Å². The smallest absolute Gasteiger partial charge is 0.233 e. The fourth-order valence-corrected chi connectivity index (χ4v) is 5.18. The van der Waals surface area contributed by atoms with Crippen molar-refractivity contribution in [3.63, 3.8) is 0 Å². The van der Waals surface area contributed by atoms with Crippen LogP contribution in [0.2, 0.25) is 0 Å². The summed E-state index contributed by atoms with van der Waals surface area (Å²) in [5.41, 5.74) is 5.53. The highest BCUT2D eigenvalue weighted by Crippen LogP contribution is 2.32. The predicted molar refractivity (Wildman–Crippen MR) is 133 cm³/mol. The number of rotatable bonds is 7. The molecule has 3 aromatic carbocycles. The second-order valence-electron chi connectivity index (χ2n) is 7.62. The molecule has 4 aromatic rings. The number of hydrogen-bond acceptors (Lipinski definition) is 4. The van der Waals surface area contributed by atoms with Crippen LogP contribution in [0.4, 0.5) is 5.13 Å². The molecule has 0 bridgehead atoms. The molecule has 0 aliphatic carbocycles. The Morgan fingerprint density at radius 2 is 1.68 bits per heavy atom. The Kier molecular flexibility index (Phi) is 6.73. The minimum Gasteiger partial charge on any atom is -0.283 e. The third-order valence-corrected chi connectivity index (χ3v) is 7.23. The third-order valence-electron chi connectivity index (χ3n) is 5.30. The van der Waals surface area contributed by atoms with Gasteiger partial charge in [0, 0.05) is 4.90 Å². The van der Waals surface area contributed by atoms with Gasteiger partial charge < -0.3 is 0 Å².